The van der Waals surface area contributed by atoms with E-state index in [1.807, 2.05) is 24.3 Å². The van der Waals surface area contributed by atoms with Crippen LogP contribution >= 0.6 is 23.2 Å². The smallest absolute Gasteiger partial charge is 0.251 e. The van der Waals surface area contributed by atoms with Gasteiger partial charge in [-0.15, -0.1) is 0 Å². The number of carbonyl (C=O) groups excluding carboxylic acids is 1. The van der Waals surface area contributed by atoms with Crippen molar-refractivity contribution >= 4 is 29.1 Å². The summed E-state index contributed by atoms with van der Waals surface area (Å²) in [4.78, 5) is 12.0. The molecule has 0 aliphatic rings. The molecule has 0 aliphatic heterocycles. The molecule has 0 aliphatic carbocycles. The largest absolute Gasteiger partial charge is 0.392 e. The molecule has 0 saturated heterocycles. The third kappa shape index (κ3) is 3.73. The number of nitrogens with one attached hydrogen (secondary N) is 1. The predicted octanol–water partition coefficient (Wildman–Crippen LogP) is 3.42. The maximum absolute atomic E-state index is 12.0. The van der Waals surface area contributed by atoms with Crippen molar-refractivity contribution in [1.29, 1.82) is 0 Å². The third-order valence-electron chi connectivity index (χ3n) is 2.84. The van der Waals surface area contributed by atoms with Crippen LogP contribution in [-0.4, -0.2) is 11.0 Å². The van der Waals surface area contributed by atoms with Crippen molar-refractivity contribution in [3.8, 4) is 0 Å². The van der Waals surface area contributed by atoms with Crippen molar-refractivity contribution in [2.24, 2.45) is 0 Å². The SMILES string of the molecule is O=C(NCc1ccc(CO)cc1)c1ccc(Cl)c(Cl)c1. The van der Waals surface area contributed by atoms with Gasteiger partial charge in [0, 0.05) is 12.1 Å². The summed E-state index contributed by atoms with van der Waals surface area (Å²) in [5, 5.41) is 12.5. The van der Waals surface area contributed by atoms with Crippen molar-refractivity contribution in [1.82, 2.24) is 5.32 Å². The molecular weight excluding hydrogens is 297 g/mol. The molecule has 2 aromatic carbocycles. The minimum atomic E-state index is -0.213. The van der Waals surface area contributed by atoms with Crippen LogP contribution in [0.5, 0.6) is 0 Å². The first-order chi connectivity index (χ1) is 9.60. The van der Waals surface area contributed by atoms with Gasteiger partial charge in [-0.2, -0.15) is 0 Å². The molecule has 2 N–H and O–H groups in total. The molecule has 0 radical (unpaired) electrons. The third-order valence-corrected chi connectivity index (χ3v) is 3.58. The molecule has 2 aromatic rings. The van der Waals surface area contributed by atoms with Crippen LogP contribution in [0.2, 0.25) is 10.0 Å². The fourth-order valence-corrected chi connectivity index (χ4v) is 1.98. The second kappa shape index (κ2) is 6.75. The molecule has 1 amide bonds. The van der Waals surface area contributed by atoms with Crippen molar-refractivity contribution in [3.05, 3.63) is 69.2 Å². The van der Waals surface area contributed by atoms with E-state index in [0.29, 0.717) is 22.2 Å². The molecule has 2 rings (SSSR count). The number of benzene rings is 2. The van der Waals surface area contributed by atoms with Crippen LogP contribution < -0.4 is 5.32 Å². The number of aliphatic hydroxyl groups excluding tert-OH is 1. The molecule has 0 bridgehead atoms. The van der Waals surface area contributed by atoms with Gasteiger partial charge >= 0.3 is 0 Å². The number of aliphatic hydroxyl groups is 1. The molecule has 104 valence electrons. The zero-order chi connectivity index (χ0) is 14.5. The van der Waals surface area contributed by atoms with Crippen molar-refractivity contribution < 1.29 is 9.90 Å². The lowest BCUT2D eigenvalue weighted by Crippen LogP contribution is -2.22. The summed E-state index contributed by atoms with van der Waals surface area (Å²) in [6, 6.07) is 12.1. The predicted molar refractivity (Wildman–Crippen MR) is 80.0 cm³/mol. The van der Waals surface area contributed by atoms with E-state index in [-0.39, 0.29) is 12.5 Å². The minimum absolute atomic E-state index is 0.00983. The molecule has 0 aromatic heterocycles. The Balaban J connectivity index is 1.98. The van der Waals surface area contributed by atoms with Crippen molar-refractivity contribution in [3.63, 3.8) is 0 Å². The highest BCUT2D eigenvalue weighted by Gasteiger charge is 2.07. The summed E-state index contributed by atoms with van der Waals surface area (Å²) in [7, 11) is 0. The van der Waals surface area contributed by atoms with Gasteiger partial charge in [0.25, 0.3) is 5.91 Å². The molecule has 3 nitrogen and oxygen atoms in total. The van der Waals surface area contributed by atoms with E-state index in [0.717, 1.165) is 11.1 Å². The van der Waals surface area contributed by atoms with Gasteiger partial charge < -0.3 is 10.4 Å². The summed E-state index contributed by atoms with van der Waals surface area (Å²) in [5.41, 5.74) is 2.26. The van der Waals surface area contributed by atoms with Gasteiger partial charge in [0.1, 0.15) is 0 Å². The van der Waals surface area contributed by atoms with Gasteiger partial charge in [-0.1, -0.05) is 47.5 Å². The maximum atomic E-state index is 12.0. The Bertz CT molecular complexity index is 612. The van der Waals surface area contributed by atoms with Crippen LogP contribution in [0.1, 0.15) is 21.5 Å². The molecule has 0 atom stereocenters. The van der Waals surface area contributed by atoms with E-state index in [2.05, 4.69) is 5.32 Å². The fourth-order valence-electron chi connectivity index (χ4n) is 1.68. The average molecular weight is 310 g/mol. The summed E-state index contributed by atoms with van der Waals surface area (Å²) < 4.78 is 0. The van der Waals surface area contributed by atoms with Gasteiger partial charge in [0.05, 0.1) is 16.7 Å². The van der Waals surface area contributed by atoms with Crippen molar-refractivity contribution in [2.45, 2.75) is 13.2 Å². The highest BCUT2D eigenvalue weighted by molar-refractivity contribution is 6.42. The van der Waals surface area contributed by atoms with E-state index in [4.69, 9.17) is 28.3 Å². The molecule has 5 heteroatoms. The zero-order valence-electron chi connectivity index (χ0n) is 10.6. The normalized spacial score (nSPS) is 10.3. The Morgan fingerprint density at radius 1 is 1.00 bits per heavy atom. The Morgan fingerprint density at radius 2 is 1.65 bits per heavy atom. The van der Waals surface area contributed by atoms with Crippen LogP contribution in [-0.2, 0) is 13.2 Å². The average Bonchev–Trinajstić information content (AvgIpc) is 2.48. The lowest BCUT2D eigenvalue weighted by molar-refractivity contribution is 0.0951. The van der Waals surface area contributed by atoms with E-state index in [1.54, 1.807) is 12.1 Å². The van der Waals surface area contributed by atoms with Gasteiger partial charge in [0.15, 0.2) is 0 Å². The highest BCUT2D eigenvalue weighted by atomic mass is 35.5. The van der Waals surface area contributed by atoms with Crippen LogP contribution in [0.4, 0.5) is 0 Å². The first kappa shape index (κ1) is 14.9. The van der Waals surface area contributed by atoms with Gasteiger partial charge in [0.2, 0.25) is 0 Å². The summed E-state index contributed by atoms with van der Waals surface area (Å²) >= 11 is 11.7. The van der Waals surface area contributed by atoms with Crippen LogP contribution in [0.3, 0.4) is 0 Å². The highest BCUT2D eigenvalue weighted by Crippen LogP contribution is 2.22. The van der Waals surface area contributed by atoms with Gasteiger partial charge in [-0.25, -0.2) is 0 Å². The topological polar surface area (TPSA) is 49.3 Å². The molecule has 0 spiro atoms. The van der Waals surface area contributed by atoms with Crippen LogP contribution in [0, 0.1) is 0 Å². The Kier molecular flexibility index (Phi) is 5.01. The summed E-state index contributed by atoms with van der Waals surface area (Å²) in [5.74, 6) is -0.213. The van der Waals surface area contributed by atoms with Crippen LogP contribution in [0.15, 0.2) is 42.5 Å². The molecule has 20 heavy (non-hydrogen) atoms. The number of hydrogen-bond acceptors (Lipinski definition) is 2. The molecule has 0 fully saturated rings. The Morgan fingerprint density at radius 3 is 2.25 bits per heavy atom. The second-order valence-corrected chi connectivity index (χ2v) is 5.10. The molecular formula is C15H13Cl2NO2. The maximum Gasteiger partial charge on any atom is 0.251 e. The standard InChI is InChI=1S/C15H13Cl2NO2/c16-13-6-5-12(7-14(13)17)15(20)18-8-10-1-3-11(9-19)4-2-10/h1-7,19H,8-9H2,(H,18,20). The lowest BCUT2D eigenvalue weighted by Gasteiger charge is -2.07. The number of rotatable bonds is 4. The molecule has 0 heterocycles. The number of halogens is 2. The van der Waals surface area contributed by atoms with Crippen molar-refractivity contribution in [2.75, 3.05) is 0 Å². The fraction of sp³-hybridized carbons (Fsp3) is 0.133. The number of carbonyl (C=O) groups is 1. The van der Waals surface area contributed by atoms with E-state index >= 15 is 0 Å². The number of amides is 1. The van der Waals surface area contributed by atoms with E-state index < -0.39 is 0 Å². The Hall–Kier alpha value is -1.55. The van der Waals surface area contributed by atoms with E-state index in [1.165, 1.54) is 6.07 Å². The second-order valence-electron chi connectivity index (χ2n) is 4.29. The monoisotopic (exact) mass is 309 g/mol. The summed E-state index contributed by atoms with van der Waals surface area (Å²) in [6.07, 6.45) is 0. The molecule has 0 unspecified atom stereocenters. The first-order valence-electron chi connectivity index (χ1n) is 6.02. The van der Waals surface area contributed by atoms with E-state index in [9.17, 15) is 4.79 Å². The quantitative estimate of drug-likeness (QED) is 0.909. The van der Waals surface area contributed by atoms with Gasteiger partial charge in [-0.3, -0.25) is 4.79 Å². The summed E-state index contributed by atoms with van der Waals surface area (Å²) in [6.45, 7) is 0.417. The minimum Gasteiger partial charge on any atom is -0.392 e. The molecule has 0 saturated carbocycles. The lowest BCUT2D eigenvalue weighted by atomic mass is 10.1. The zero-order valence-corrected chi connectivity index (χ0v) is 12.1. The van der Waals surface area contributed by atoms with Gasteiger partial charge in [-0.05, 0) is 29.3 Å². The Labute approximate surface area is 127 Å². The van der Waals surface area contributed by atoms with Crippen LogP contribution in [0.25, 0.3) is 0 Å². The number of hydrogen-bond donors (Lipinski definition) is 2. The first-order valence-corrected chi connectivity index (χ1v) is 6.77.